The van der Waals surface area contributed by atoms with Gasteiger partial charge in [0.25, 0.3) is 0 Å². The van der Waals surface area contributed by atoms with E-state index in [-0.39, 0.29) is 0 Å². The zero-order valence-corrected chi connectivity index (χ0v) is 8.68. The van der Waals surface area contributed by atoms with Crippen molar-refractivity contribution in [1.82, 2.24) is 4.98 Å². The molecule has 2 rings (SSSR count). The highest BCUT2D eigenvalue weighted by atomic mass is 16.5. The van der Waals surface area contributed by atoms with Gasteiger partial charge in [0.15, 0.2) is 0 Å². The van der Waals surface area contributed by atoms with E-state index < -0.39 is 0 Å². The van der Waals surface area contributed by atoms with Gasteiger partial charge in [-0.3, -0.25) is 4.98 Å². The van der Waals surface area contributed by atoms with Gasteiger partial charge in [-0.05, 0) is 30.2 Å². The maximum absolute atomic E-state index is 4.88. The van der Waals surface area contributed by atoms with E-state index in [0.717, 1.165) is 11.9 Å². The second kappa shape index (κ2) is 4.60. The average molecular weight is 199 g/mol. The van der Waals surface area contributed by atoms with Gasteiger partial charge in [-0.15, -0.1) is 0 Å². The summed E-state index contributed by atoms with van der Waals surface area (Å²) in [5.41, 5.74) is 2.31. The number of benzene rings is 1. The van der Waals surface area contributed by atoms with Gasteiger partial charge in [-0.25, -0.2) is 0 Å². The lowest BCUT2D eigenvalue weighted by Gasteiger charge is -2.02. The van der Waals surface area contributed by atoms with Crippen molar-refractivity contribution in [2.75, 3.05) is 7.11 Å². The van der Waals surface area contributed by atoms with Crippen LogP contribution in [0.1, 0.15) is 5.56 Å². The molecule has 0 fully saturated rings. The fraction of sp³-hybridized carbons (Fsp3) is 0.154. The third kappa shape index (κ3) is 2.15. The number of nitrogens with zero attached hydrogens (tertiary/aromatic N) is 1. The van der Waals surface area contributed by atoms with Crippen molar-refractivity contribution in [1.29, 1.82) is 0 Å². The number of fused-ring (bicyclic) bond motifs is 1. The molecule has 0 amide bonds. The monoisotopic (exact) mass is 199 g/mol. The Morgan fingerprint density at radius 3 is 3.00 bits per heavy atom. The highest BCUT2D eigenvalue weighted by molar-refractivity contribution is 5.81. The van der Waals surface area contributed by atoms with Crippen LogP contribution in [0.3, 0.4) is 0 Å². The highest BCUT2D eigenvalue weighted by Gasteiger charge is 1.98. The largest absolute Gasteiger partial charge is 0.505 e. The molecular weight excluding hydrogens is 186 g/mol. The molecule has 0 radical (unpaired) electrons. The van der Waals surface area contributed by atoms with Crippen molar-refractivity contribution in [2.24, 2.45) is 0 Å². The smallest absolute Gasteiger partial charge is 0.0788 e. The number of ether oxygens (including phenoxy) is 1. The Kier molecular flexibility index (Phi) is 2.98. The minimum Gasteiger partial charge on any atom is -0.505 e. The summed E-state index contributed by atoms with van der Waals surface area (Å²) < 4.78 is 4.88. The standard InChI is InChI=1S/C13H13NO/c1-15-10-4-5-11-8-9-14-13-7-3-2-6-12(11)13/h2-4,6-10H,5H2,1H3. The lowest BCUT2D eigenvalue weighted by Crippen LogP contribution is -1.86. The molecule has 0 aliphatic rings. The quantitative estimate of drug-likeness (QED) is 0.709. The Hall–Kier alpha value is -1.83. The molecule has 0 saturated heterocycles. The first-order valence-electron chi connectivity index (χ1n) is 4.92. The SMILES string of the molecule is COC=CCc1ccnc2ccccc12. The number of methoxy groups -OCH3 is 1. The van der Waals surface area contributed by atoms with Gasteiger partial charge in [-0.1, -0.05) is 18.2 Å². The molecule has 0 spiro atoms. The molecule has 0 N–H and O–H groups in total. The van der Waals surface area contributed by atoms with Crippen molar-refractivity contribution in [3.05, 3.63) is 54.4 Å². The predicted octanol–water partition coefficient (Wildman–Crippen LogP) is 2.94. The van der Waals surface area contributed by atoms with Crippen molar-refractivity contribution in [3.8, 4) is 0 Å². The van der Waals surface area contributed by atoms with Crippen molar-refractivity contribution in [2.45, 2.75) is 6.42 Å². The van der Waals surface area contributed by atoms with Crippen LogP contribution >= 0.6 is 0 Å². The molecule has 2 aromatic rings. The zero-order valence-electron chi connectivity index (χ0n) is 8.68. The van der Waals surface area contributed by atoms with Gasteiger partial charge in [0.2, 0.25) is 0 Å². The first-order chi connectivity index (χ1) is 7.42. The lowest BCUT2D eigenvalue weighted by atomic mass is 10.1. The van der Waals surface area contributed by atoms with E-state index >= 15 is 0 Å². The van der Waals surface area contributed by atoms with E-state index in [4.69, 9.17) is 4.74 Å². The van der Waals surface area contributed by atoms with E-state index in [9.17, 15) is 0 Å². The Morgan fingerprint density at radius 1 is 1.27 bits per heavy atom. The maximum Gasteiger partial charge on any atom is 0.0788 e. The Labute approximate surface area is 89.2 Å². The molecule has 0 unspecified atom stereocenters. The van der Waals surface area contributed by atoms with Crippen LogP contribution in [-0.4, -0.2) is 12.1 Å². The fourth-order valence-corrected chi connectivity index (χ4v) is 1.60. The summed E-state index contributed by atoms with van der Waals surface area (Å²) >= 11 is 0. The van der Waals surface area contributed by atoms with Crippen LogP contribution in [0.2, 0.25) is 0 Å². The molecule has 0 aliphatic carbocycles. The van der Waals surface area contributed by atoms with Gasteiger partial charge >= 0.3 is 0 Å². The first kappa shape index (κ1) is 9.71. The van der Waals surface area contributed by atoms with Gasteiger partial charge in [0.1, 0.15) is 0 Å². The van der Waals surface area contributed by atoms with Gasteiger partial charge < -0.3 is 4.74 Å². The summed E-state index contributed by atoms with van der Waals surface area (Å²) in [7, 11) is 1.65. The second-order valence-electron chi connectivity index (χ2n) is 3.30. The number of hydrogen-bond donors (Lipinski definition) is 0. The Morgan fingerprint density at radius 2 is 2.13 bits per heavy atom. The van der Waals surface area contributed by atoms with Crippen molar-refractivity contribution < 1.29 is 4.74 Å². The Bertz CT molecular complexity index is 471. The summed E-state index contributed by atoms with van der Waals surface area (Å²) in [6, 6.07) is 10.2. The molecule has 76 valence electrons. The molecule has 0 bridgehead atoms. The van der Waals surface area contributed by atoms with Gasteiger partial charge in [0, 0.05) is 11.6 Å². The van der Waals surface area contributed by atoms with E-state index in [1.807, 2.05) is 36.5 Å². The zero-order chi connectivity index (χ0) is 10.5. The van der Waals surface area contributed by atoms with Crippen LogP contribution in [0, 0.1) is 0 Å². The second-order valence-corrected chi connectivity index (χ2v) is 3.30. The molecule has 1 aromatic carbocycles. The molecular formula is C13H13NO. The molecule has 1 aromatic heterocycles. The number of hydrogen-bond acceptors (Lipinski definition) is 2. The van der Waals surface area contributed by atoms with E-state index in [2.05, 4.69) is 11.1 Å². The summed E-state index contributed by atoms with van der Waals surface area (Å²) in [6.45, 7) is 0. The Balaban J connectivity index is 2.38. The first-order valence-corrected chi connectivity index (χ1v) is 4.92. The summed E-state index contributed by atoms with van der Waals surface area (Å²) in [6.07, 6.45) is 6.42. The molecule has 0 aliphatic heterocycles. The van der Waals surface area contributed by atoms with Crippen molar-refractivity contribution in [3.63, 3.8) is 0 Å². The van der Waals surface area contributed by atoms with E-state index in [0.29, 0.717) is 0 Å². The highest BCUT2D eigenvalue weighted by Crippen LogP contribution is 2.16. The third-order valence-corrected chi connectivity index (χ3v) is 2.31. The third-order valence-electron chi connectivity index (χ3n) is 2.31. The van der Waals surface area contributed by atoms with Gasteiger partial charge in [0.05, 0.1) is 18.9 Å². The number of pyridine rings is 1. The molecule has 2 heteroatoms. The molecule has 0 saturated carbocycles. The van der Waals surface area contributed by atoms with Crippen LogP contribution in [0.25, 0.3) is 10.9 Å². The molecule has 0 atom stereocenters. The number of para-hydroxylation sites is 1. The lowest BCUT2D eigenvalue weighted by molar-refractivity contribution is 0.337. The summed E-state index contributed by atoms with van der Waals surface area (Å²) in [5, 5.41) is 1.21. The van der Waals surface area contributed by atoms with E-state index in [1.54, 1.807) is 13.4 Å². The van der Waals surface area contributed by atoms with Crippen LogP contribution in [0.15, 0.2) is 48.9 Å². The maximum atomic E-state index is 4.88. The summed E-state index contributed by atoms with van der Waals surface area (Å²) in [5.74, 6) is 0. The van der Waals surface area contributed by atoms with E-state index in [1.165, 1.54) is 10.9 Å². The summed E-state index contributed by atoms with van der Waals surface area (Å²) in [4.78, 5) is 4.31. The normalized spacial score (nSPS) is 11.0. The van der Waals surface area contributed by atoms with Gasteiger partial charge in [-0.2, -0.15) is 0 Å². The number of rotatable bonds is 3. The molecule has 1 heterocycles. The molecule has 2 nitrogen and oxygen atoms in total. The average Bonchev–Trinajstić information content (AvgIpc) is 2.30. The minimum atomic E-state index is 0.872. The predicted molar refractivity (Wildman–Crippen MR) is 61.6 cm³/mol. The van der Waals surface area contributed by atoms with Crippen LogP contribution in [0.4, 0.5) is 0 Å². The van der Waals surface area contributed by atoms with Crippen LogP contribution < -0.4 is 0 Å². The van der Waals surface area contributed by atoms with Crippen molar-refractivity contribution >= 4 is 10.9 Å². The number of allylic oxidation sites excluding steroid dienone is 1. The van der Waals surface area contributed by atoms with Crippen LogP contribution in [0.5, 0.6) is 0 Å². The van der Waals surface area contributed by atoms with Crippen LogP contribution in [-0.2, 0) is 11.2 Å². The topological polar surface area (TPSA) is 22.1 Å². The number of aromatic nitrogens is 1. The fourth-order valence-electron chi connectivity index (χ4n) is 1.60. The minimum absolute atomic E-state index is 0.872. The molecule has 15 heavy (non-hydrogen) atoms.